The number of anilines is 1. The van der Waals surface area contributed by atoms with E-state index in [0.717, 1.165) is 11.4 Å². The summed E-state index contributed by atoms with van der Waals surface area (Å²) in [6, 6.07) is 17.9. The van der Waals surface area contributed by atoms with Crippen molar-refractivity contribution in [2.45, 2.75) is 0 Å². The van der Waals surface area contributed by atoms with Gasteiger partial charge in [0.15, 0.2) is 5.65 Å². The van der Waals surface area contributed by atoms with E-state index in [2.05, 4.69) is 20.6 Å². The number of carbonyl (C=O) groups excluding carboxylic acids is 1. The van der Waals surface area contributed by atoms with E-state index in [-0.39, 0.29) is 5.91 Å². The molecule has 0 saturated heterocycles. The van der Waals surface area contributed by atoms with Crippen molar-refractivity contribution in [3.8, 4) is 11.4 Å². The highest BCUT2D eigenvalue weighted by atomic mass is 16.5. The van der Waals surface area contributed by atoms with Crippen molar-refractivity contribution in [1.82, 2.24) is 20.0 Å². The molecular weight excluding hydrogens is 330 g/mol. The van der Waals surface area contributed by atoms with Crippen LogP contribution in [0.3, 0.4) is 0 Å². The summed E-state index contributed by atoms with van der Waals surface area (Å²) in [6.07, 6.45) is 1.69. The number of benzene rings is 2. The van der Waals surface area contributed by atoms with Crippen LogP contribution in [-0.4, -0.2) is 33.0 Å². The second kappa shape index (κ2) is 6.64. The summed E-state index contributed by atoms with van der Waals surface area (Å²) in [5.41, 5.74) is 3.41. The lowest BCUT2D eigenvalue weighted by Crippen LogP contribution is -2.12. The van der Waals surface area contributed by atoms with Gasteiger partial charge in [-0.05, 0) is 60.7 Å². The number of nitrogens with zero attached hydrogens (tertiary/aromatic N) is 4. The normalized spacial score (nSPS) is 10.7. The number of nitrogens with one attached hydrogen (secondary N) is 1. The molecule has 4 aromatic rings. The number of pyridine rings is 1. The van der Waals surface area contributed by atoms with Crippen LogP contribution in [-0.2, 0) is 0 Å². The molecule has 7 nitrogen and oxygen atoms in total. The van der Waals surface area contributed by atoms with Gasteiger partial charge in [-0.2, -0.15) is 4.68 Å². The molecule has 128 valence electrons. The van der Waals surface area contributed by atoms with Crippen LogP contribution in [0.25, 0.3) is 16.9 Å². The second-order valence-corrected chi connectivity index (χ2v) is 5.58. The molecule has 0 unspecified atom stereocenters. The van der Waals surface area contributed by atoms with Crippen LogP contribution >= 0.6 is 0 Å². The number of ether oxygens (including phenoxy) is 1. The van der Waals surface area contributed by atoms with E-state index >= 15 is 0 Å². The Labute approximate surface area is 149 Å². The van der Waals surface area contributed by atoms with Crippen molar-refractivity contribution in [2.75, 3.05) is 12.4 Å². The molecule has 1 N–H and O–H groups in total. The predicted octanol–water partition coefficient (Wildman–Crippen LogP) is 3.08. The van der Waals surface area contributed by atoms with Crippen LogP contribution in [0, 0.1) is 0 Å². The standard InChI is InChI=1S/C19H15N5O2/c1-26-16-10-6-14(7-11-16)21-19(25)13-4-8-15(9-5-13)24-18-17(22-23-24)3-2-12-20-18/h2-12H,1H3,(H,21,25). The maximum atomic E-state index is 12.4. The average molecular weight is 345 g/mol. The van der Waals surface area contributed by atoms with Gasteiger partial charge in [-0.1, -0.05) is 5.21 Å². The number of methoxy groups -OCH3 is 1. The van der Waals surface area contributed by atoms with Gasteiger partial charge in [0.1, 0.15) is 11.3 Å². The summed E-state index contributed by atoms with van der Waals surface area (Å²) in [4.78, 5) is 16.7. The number of aromatic nitrogens is 4. The first-order chi connectivity index (χ1) is 12.7. The Morgan fingerprint density at radius 2 is 1.81 bits per heavy atom. The Kier molecular flexibility index (Phi) is 4.03. The largest absolute Gasteiger partial charge is 0.497 e. The van der Waals surface area contributed by atoms with Gasteiger partial charge in [0.25, 0.3) is 5.91 Å². The number of rotatable bonds is 4. The SMILES string of the molecule is COc1ccc(NC(=O)c2ccc(-n3nnc4cccnc43)cc2)cc1. The van der Waals surface area contributed by atoms with Crippen molar-refractivity contribution in [3.63, 3.8) is 0 Å². The minimum atomic E-state index is -0.191. The molecule has 0 atom stereocenters. The van der Waals surface area contributed by atoms with Crippen LogP contribution in [0.2, 0.25) is 0 Å². The number of hydrogen-bond donors (Lipinski definition) is 1. The van der Waals surface area contributed by atoms with Gasteiger partial charge in [0, 0.05) is 17.4 Å². The fourth-order valence-corrected chi connectivity index (χ4v) is 2.57. The molecule has 7 heteroatoms. The lowest BCUT2D eigenvalue weighted by Gasteiger charge is -2.07. The predicted molar refractivity (Wildman–Crippen MR) is 97.6 cm³/mol. The summed E-state index contributed by atoms with van der Waals surface area (Å²) in [5.74, 6) is 0.546. The highest BCUT2D eigenvalue weighted by Crippen LogP contribution is 2.17. The van der Waals surface area contributed by atoms with E-state index in [1.54, 1.807) is 54.4 Å². The van der Waals surface area contributed by atoms with E-state index in [1.807, 2.05) is 24.3 Å². The third-order valence-electron chi connectivity index (χ3n) is 3.93. The van der Waals surface area contributed by atoms with E-state index in [0.29, 0.717) is 22.4 Å². The number of hydrogen-bond acceptors (Lipinski definition) is 5. The molecule has 4 rings (SSSR count). The molecule has 0 saturated carbocycles. The third kappa shape index (κ3) is 2.98. The fourth-order valence-electron chi connectivity index (χ4n) is 2.57. The summed E-state index contributed by atoms with van der Waals surface area (Å²) in [7, 11) is 1.60. The lowest BCUT2D eigenvalue weighted by molar-refractivity contribution is 0.102. The zero-order valence-corrected chi connectivity index (χ0v) is 14.0. The topological polar surface area (TPSA) is 81.9 Å². The summed E-state index contributed by atoms with van der Waals surface area (Å²) < 4.78 is 6.75. The molecule has 2 heterocycles. The molecule has 0 aliphatic carbocycles. The molecule has 2 aromatic carbocycles. The van der Waals surface area contributed by atoms with E-state index in [4.69, 9.17) is 4.74 Å². The van der Waals surface area contributed by atoms with Gasteiger partial charge < -0.3 is 10.1 Å². The Morgan fingerprint density at radius 3 is 2.54 bits per heavy atom. The molecule has 0 fully saturated rings. The van der Waals surface area contributed by atoms with Crippen LogP contribution in [0.15, 0.2) is 66.9 Å². The first-order valence-electron chi connectivity index (χ1n) is 7.97. The zero-order valence-electron chi connectivity index (χ0n) is 14.0. The van der Waals surface area contributed by atoms with Gasteiger partial charge in [0.05, 0.1) is 12.8 Å². The summed E-state index contributed by atoms with van der Waals surface area (Å²) >= 11 is 0. The molecule has 0 radical (unpaired) electrons. The number of fused-ring (bicyclic) bond motifs is 1. The molecule has 0 bridgehead atoms. The van der Waals surface area contributed by atoms with Gasteiger partial charge in [0.2, 0.25) is 0 Å². The molecule has 0 aliphatic rings. The fraction of sp³-hybridized carbons (Fsp3) is 0.0526. The lowest BCUT2D eigenvalue weighted by atomic mass is 10.2. The highest BCUT2D eigenvalue weighted by Gasteiger charge is 2.10. The minimum Gasteiger partial charge on any atom is -0.497 e. The summed E-state index contributed by atoms with van der Waals surface area (Å²) in [5, 5.41) is 11.1. The van der Waals surface area contributed by atoms with E-state index in [9.17, 15) is 4.79 Å². The first kappa shape index (κ1) is 15.8. The zero-order chi connectivity index (χ0) is 17.9. The Hall–Kier alpha value is -3.74. The van der Waals surface area contributed by atoms with Gasteiger partial charge >= 0.3 is 0 Å². The molecular formula is C19H15N5O2. The molecule has 0 aliphatic heterocycles. The Bertz CT molecular complexity index is 1060. The summed E-state index contributed by atoms with van der Waals surface area (Å²) in [6.45, 7) is 0. The first-order valence-corrected chi connectivity index (χ1v) is 7.97. The molecule has 26 heavy (non-hydrogen) atoms. The van der Waals surface area contributed by atoms with Gasteiger partial charge in [-0.3, -0.25) is 4.79 Å². The van der Waals surface area contributed by atoms with Crippen molar-refractivity contribution in [2.24, 2.45) is 0 Å². The van der Waals surface area contributed by atoms with E-state index < -0.39 is 0 Å². The van der Waals surface area contributed by atoms with E-state index in [1.165, 1.54) is 0 Å². The van der Waals surface area contributed by atoms with Crippen LogP contribution in [0.4, 0.5) is 5.69 Å². The number of carbonyl (C=O) groups is 1. The maximum absolute atomic E-state index is 12.4. The molecule has 2 aromatic heterocycles. The maximum Gasteiger partial charge on any atom is 0.255 e. The quantitative estimate of drug-likeness (QED) is 0.615. The molecule has 0 spiro atoms. The van der Waals surface area contributed by atoms with Crippen molar-refractivity contribution in [1.29, 1.82) is 0 Å². The highest BCUT2D eigenvalue weighted by molar-refractivity contribution is 6.04. The van der Waals surface area contributed by atoms with Gasteiger partial charge in [-0.15, -0.1) is 5.10 Å². The second-order valence-electron chi connectivity index (χ2n) is 5.58. The van der Waals surface area contributed by atoms with Crippen molar-refractivity contribution >= 4 is 22.8 Å². The van der Waals surface area contributed by atoms with Crippen LogP contribution in [0.5, 0.6) is 5.75 Å². The van der Waals surface area contributed by atoms with Crippen LogP contribution < -0.4 is 10.1 Å². The van der Waals surface area contributed by atoms with Gasteiger partial charge in [-0.25, -0.2) is 4.98 Å². The van der Waals surface area contributed by atoms with Crippen LogP contribution in [0.1, 0.15) is 10.4 Å². The Balaban J connectivity index is 1.54. The number of amides is 1. The van der Waals surface area contributed by atoms with Crippen molar-refractivity contribution in [3.05, 3.63) is 72.4 Å². The average Bonchev–Trinajstić information content (AvgIpc) is 3.13. The van der Waals surface area contributed by atoms with Crippen molar-refractivity contribution < 1.29 is 9.53 Å². The third-order valence-corrected chi connectivity index (χ3v) is 3.93. The smallest absolute Gasteiger partial charge is 0.255 e. The molecule has 1 amide bonds. The minimum absolute atomic E-state index is 0.191. The Morgan fingerprint density at radius 1 is 1.04 bits per heavy atom. The monoisotopic (exact) mass is 345 g/mol.